The Balaban J connectivity index is 2.37. The van der Waals surface area contributed by atoms with Crippen molar-refractivity contribution in [1.82, 2.24) is 10.2 Å². The summed E-state index contributed by atoms with van der Waals surface area (Å²) in [6.07, 6.45) is 3.70. The third-order valence-corrected chi connectivity index (χ3v) is 4.12. The van der Waals surface area contributed by atoms with E-state index in [9.17, 15) is 9.59 Å². The van der Waals surface area contributed by atoms with Crippen LogP contribution in [0, 0.1) is 5.92 Å². The second-order valence-corrected chi connectivity index (χ2v) is 6.63. The molecule has 2 fully saturated rings. The zero-order valence-corrected chi connectivity index (χ0v) is 11.9. The molecule has 1 saturated heterocycles. The summed E-state index contributed by atoms with van der Waals surface area (Å²) in [4.78, 5) is 26.9. The minimum absolute atomic E-state index is 0.0465. The number of rotatable bonds is 2. The highest BCUT2D eigenvalue weighted by molar-refractivity contribution is 6.02. The summed E-state index contributed by atoms with van der Waals surface area (Å²) in [6, 6.07) is 0. The van der Waals surface area contributed by atoms with Gasteiger partial charge in [-0.05, 0) is 32.6 Å². The molecular weight excluding hydrogens is 228 g/mol. The van der Waals surface area contributed by atoms with Gasteiger partial charge >= 0.3 is 0 Å². The van der Waals surface area contributed by atoms with E-state index < -0.39 is 11.1 Å². The van der Waals surface area contributed by atoms with Crippen LogP contribution in [0.3, 0.4) is 0 Å². The van der Waals surface area contributed by atoms with Crippen LogP contribution in [0.15, 0.2) is 0 Å². The van der Waals surface area contributed by atoms with Crippen molar-refractivity contribution in [1.29, 1.82) is 0 Å². The Hall–Kier alpha value is -1.06. The average Bonchev–Trinajstić information content (AvgIpc) is 2.72. The van der Waals surface area contributed by atoms with Gasteiger partial charge in [0.25, 0.3) is 0 Å². The number of amides is 2. The van der Waals surface area contributed by atoms with E-state index in [1.54, 1.807) is 13.8 Å². The molecule has 2 rings (SSSR count). The van der Waals surface area contributed by atoms with Crippen LogP contribution < -0.4 is 5.32 Å². The quantitative estimate of drug-likeness (QED) is 0.813. The van der Waals surface area contributed by atoms with Crippen molar-refractivity contribution in [3.63, 3.8) is 0 Å². The van der Waals surface area contributed by atoms with Gasteiger partial charge < -0.3 is 10.2 Å². The Labute approximate surface area is 109 Å². The van der Waals surface area contributed by atoms with E-state index in [2.05, 4.69) is 19.2 Å². The van der Waals surface area contributed by atoms with Crippen LogP contribution in [-0.2, 0) is 9.59 Å². The maximum absolute atomic E-state index is 12.6. The van der Waals surface area contributed by atoms with Crippen molar-refractivity contribution in [2.45, 2.75) is 64.5 Å². The molecule has 18 heavy (non-hydrogen) atoms. The summed E-state index contributed by atoms with van der Waals surface area (Å²) in [5.74, 6) is 0.496. The first-order valence-corrected chi connectivity index (χ1v) is 6.94. The van der Waals surface area contributed by atoms with Crippen molar-refractivity contribution < 1.29 is 9.59 Å². The van der Waals surface area contributed by atoms with Crippen molar-refractivity contribution in [3.05, 3.63) is 0 Å². The first-order chi connectivity index (χ1) is 8.29. The van der Waals surface area contributed by atoms with Crippen LogP contribution in [0.2, 0.25) is 0 Å². The van der Waals surface area contributed by atoms with Gasteiger partial charge in [-0.3, -0.25) is 9.59 Å². The molecule has 102 valence electrons. The van der Waals surface area contributed by atoms with Gasteiger partial charge in [0.05, 0.1) is 0 Å². The molecule has 1 aliphatic heterocycles. The third kappa shape index (κ3) is 1.91. The van der Waals surface area contributed by atoms with E-state index in [1.165, 1.54) is 0 Å². The monoisotopic (exact) mass is 252 g/mol. The van der Waals surface area contributed by atoms with E-state index >= 15 is 0 Å². The summed E-state index contributed by atoms with van der Waals surface area (Å²) >= 11 is 0. The summed E-state index contributed by atoms with van der Waals surface area (Å²) in [6.45, 7) is 8.45. The van der Waals surface area contributed by atoms with Crippen molar-refractivity contribution in [3.8, 4) is 0 Å². The Bertz CT molecular complexity index is 368. The largest absolute Gasteiger partial charge is 0.340 e. The molecule has 1 saturated carbocycles. The predicted octanol–water partition coefficient (Wildman–Crippen LogP) is 1.69. The zero-order valence-electron chi connectivity index (χ0n) is 11.9. The number of hydrogen-bond acceptors (Lipinski definition) is 2. The van der Waals surface area contributed by atoms with Gasteiger partial charge in [-0.2, -0.15) is 0 Å². The number of piperazine rings is 1. The number of hydrogen-bond donors (Lipinski definition) is 1. The van der Waals surface area contributed by atoms with E-state index in [0.717, 1.165) is 25.7 Å². The lowest BCUT2D eigenvalue weighted by Crippen LogP contribution is -2.73. The average molecular weight is 252 g/mol. The molecule has 0 radical (unpaired) electrons. The van der Waals surface area contributed by atoms with E-state index in [1.807, 2.05) is 4.90 Å². The van der Waals surface area contributed by atoms with Crippen molar-refractivity contribution in [2.24, 2.45) is 5.92 Å². The van der Waals surface area contributed by atoms with E-state index in [4.69, 9.17) is 0 Å². The standard InChI is InChI=1S/C14H24N2O2/c1-10(2)9-16-12(18)13(3,4)15-11(17)14(16)7-5-6-8-14/h10H,5-9H2,1-4H3,(H,15,17). The molecule has 0 aromatic heterocycles. The minimum atomic E-state index is -0.764. The molecule has 4 heteroatoms. The van der Waals surface area contributed by atoms with Gasteiger partial charge in [0, 0.05) is 6.54 Å². The maximum atomic E-state index is 12.6. The second kappa shape index (κ2) is 4.25. The molecule has 1 aliphatic carbocycles. The molecule has 2 amide bonds. The fraction of sp³-hybridized carbons (Fsp3) is 0.857. The molecule has 0 aromatic rings. The Morgan fingerprint density at radius 2 is 1.78 bits per heavy atom. The second-order valence-electron chi connectivity index (χ2n) is 6.63. The summed E-state index contributed by atoms with van der Waals surface area (Å²) < 4.78 is 0. The Kier molecular flexibility index (Phi) is 3.16. The first-order valence-electron chi connectivity index (χ1n) is 6.94. The van der Waals surface area contributed by atoms with Gasteiger partial charge in [-0.25, -0.2) is 0 Å². The molecule has 0 unspecified atom stereocenters. The summed E-state index contributed by atoms with van der Waals surface area (Å²) in [7, 11) is 0. The van der Waals surface area contributed by atoms with Crippen LogP contribution >= 0.6 is 0 Å². The highest BCUT2D eigenvalue weighted by Gasteiger charge is 2.56. The molecule has 1 N–H and O–H groups in total. The summed E-state index contributed by atoms with van der Waals surface area (Å²) in [5.41, 5.74) is -1.32. The third-order valence-electron chi connectivity index (χ3n) is 4.12. The van der Waals surface area contributed by atoms with E-state index in [-0.39, 0.29) is 11.8 Å². The van der Waals surface area contributed by atoms with Gasteiger partial charge in [-0.1, -0.05) is 26.7 Å². The van der Waals surface area contributed by atoms with Crippen LogP contribution in [0.5, 0.6) is 0 Å². The fourth-order valence-electron chi connectivity index (χ4n) is 3.19. The van der Waals surface area contributed by atoms with Gasteiger partial charge in [0.1, 0.15) is 11.1 Å². The van der Waals surface area contributed by atoms with Crippen LogP contribution in [-0.4, -0.2) is 34.3 Å². The molecule has 4 nitrogen and oxygen atoms in total. The number of carbonyl (C=O) groups excluding carboxylic acids is 2. The minimum Gasteiger partial charge on any atom is -0.340 e. The maximum Gasteiger partial charge on any atom is 0.248 e. The smallest absolute Gasteiger partial charge is 0.248 e. The topological polar surface area (TPSA) is 49.4 Å². The van der Waals surface area contributed by atoms with Gasteiger partial charge in [-0.15, -0.1) is 0 Å². The summed E-state index contributed by atoms with van der Waals surface area (Å²) in [5, 5.41) is 2.91. The van der Waals surface area contributed by atoms with Crippen LogP contribution in [0.1, 0.15) is 53.4 Å². The lowest BCUT2D eigenvalue weighted by Gasteiger charge is -2.49. The first kappa shape index (κ1) is 13.4. The molecule has 0 atom stereocenters. The van der Waals surface area contributed by atoms with Crippen molar-refractivity contribution in [2.75, 3.05) is 6.54 Å². The fourth-order valence-corrected chi connectivity index (χ4v) is 3.19. The van der Waals surface area contributed by atoms with E-state index in [0.29, 0.717) is 12.5 Å². The lowest BCUT2D eigenvalue weighted by molar-refractivity contribution is -0.162. The number of carbonyl (C=O) groups is 2. The Morgan fingerprint density at radius 3 is 2.28 bits per heavy atom. The van der Waals surface area contributed by atoms with Crippen LogP contribution in [0.4, 0.5) is 0 Å². The van der Waals surface area contributed by atoms with Crippen molar-refractivity contribution >= 4 is 11.8 Å². The molecule has 1 heterocycles. The SMILES string of the molecule is CC(C)CN1C(=O)C(C)(C)NC(=O)C12CCCC2. The van der Waals surface area contributed by atoms with Gasteiger partial charge in [0.15, 0.2) is 0 Å². The van der Waals surface area contributed by atoms with Gasteiger partial charge in [0.2, 0.25) is 11.8 Å². The molecule has 0 bridgehead atoms. The van der Waals surface area contributed by atoms with Crippen LogP contribution in [0.25, 0.3) is 0 Å². The zero-order chi connectivity index (χ0) is 13.6. The number of nitrogens with zero attached hydrogens (tertiary/aromatic N) is 1. The molecule has 2 aliphatic rings. The highest BCUT2D eigenvalue weighted by Crippen LogP contribution is 2.40. The highest BCUT2D eigenvalue weighted by atomic mass is 16.2. The molecular formula is C14H24N2O2. The molecule has 1 spiro atoms. The normalized spacial score (nSPS) is 25.9. The Morgan fingerprint density at radius 1 is 1.22 bits per heavy atom. The lowest BCUT2D eigenvalue weighted by atomic mass is 9.85. The number of nitrogens with one attached hydrogen (secondary N) is 1. The molecule has 0 aromatic carbocycles. The predicted molar refractivity (Wildman–Crippen MR) is 70.0 cm³/mol.